The minimum Gasteiger partial charge on any atom is -0.495 e. The van der Waals surface area contributed by atoms with Crippen LogP contribution in [0.1, 0.15) is 17.3 Å². The topological polar surface area (TPSA) is 111 Å². The van der Waals surface area contributed by atoms with Crippen LogP contribution in [0.4, 0.5) is 11.4 Å². The maximum atomic E-state index is 12.8. The molecule has 2 N–H and O–H groups in total. The second kappa shape index (κ2) is 7.87. The summed E-state index contributed by atoms with van der Waals surface area (Å²) < 4.78 is 37.6. The van der Waals surface area contributed by atoms with Crippen molar-refractivity contribution in [3.05, 3.63) is 48.0 Å². The van der Waals surface area contributed by atoms with Crippen LogP contribution in [0.2, 0.25) is 0 Å². The van der Waals surface area contributed by atoms with E-state index in [2.05, 4.69) is 14.8 Å². The van der Waals surface area contributed by atoms with E-state index < -0.39 is 16.0 Å². The first kappa shape index (κ1) is 19.3. The van der Waals surface area contributed by atoms with Gasteiger partial charge in [-0.25, -0.2) is 13.2 Å². The van der Waals surface area contributed by atoms with Gasteiger partial charge in [-0.15, -0.1) is 0 Å². The Labute approximate surface area is 151 Å². The van der Waals surface area contributed by atoms with E-state index in [4.69, 9.17) is 4.74 Å². The first-order valence-electron chi connectivity index (χ1n) is 7.43. The molecule has 8 nitrogen and oxygen atoms in total. The molecule has 0 aliphatic heterocycles. The van der Waals surface area contributed by atoms with Gasteiger partial charge in [-0.05, 0) is 36.4 Å². The maximum Gasteiger partial charge on any atom is 0.337 e. The predicted molar refractivity (Wildman–Crippen MR) is 95.9 cm³/mol. The summed E-state index contributed by atoms with van der Waals surface area (Å²) in [6.45, 7) is 1.31. The van der Waals surface area contributed by atoms with Crippen molar-refractivity contribution in [2.24, 2.45) is 0 Å². The van der Waals surface area contributed by atoms with Crippen molar-refractivity contribution in [2.75, 3.05) is 24.3 Å². The number of hydrogen-bond acceptors (Lipinski definition) is 6. The Bertz CT molecular complexity index is 940. The lowest BCUT2D eigenvalue weighted by Gasteiger charge is -2.13. The van der Waals surface area contributed by atoms with Crippen molar-refractivity contribution < 1.29 is 27.5 Å². The number of carbonyl (C=O) groups is 2. The molecular formula is C17H18N2O6S. The highest BCUT2D eigenvalue weighted by Crippen LogP contribution is 2.29. The van der Waals surface area contributed by atoms with Crippen molar-refractivity contribution >= 4 is 33.3 Å². The molecule has 2 rings (SSSR count). The fourth-order valence-corrected chi connectivity index (χ4v) is 3.45. The first-order valence-corrected chi connectivity index (χ1v) is 8.92. The van der Waals surface area contributed by atoms with Crippen LogP contribution in [0, 0.1) is 0 Å². The number of rotatable bonds is 6. The van der Waals surface area contributed by atoms with Crippen LogP contribution in [0.5, 0.6) is 5.75 Å². The summed E-state index contributed by atoms with van der Waals surface area (Å²) in [6.07, 6.45) is 0. The normalized spacial score (nSPS) is 10.7. The molecule has 0 saturated carbocycles. The molecule has 9 heteroatoms. The third-order valence-electron chi connectivity index (χ3n) is 3.31. The van der Waals surface area contributed by atoms with E-state index in [1.54, 1.807) is 0 Å². The van der Waals surface area contributed by atoms with E-state index in [-0.39, 0.29) is 27.8 Å². The SMILES string of the molecule is COC(=O)c1cccc(NS(=O)(=O)c2cc(NC(C)=O)ccc2OC)c1. The summed E-state index contributed by atoms with van der Waals surface area (Å²) in [5.74, 6) is -0.815. The minimum atomic E-state index is -4.04. The number of amides is 1. The van der Waals surface area contributed by atoms with E-state index >= 15 is 0 Å². The van der Waals surface area contributed by atoms with Crippen LogP contribution in [0.3, 0.4) is 0 Å². The van der Waals surface area contributed by atoms with Crippen LogP contribution in [-0.2, 0) is 19.6 Å². The van der Waals surface area contributed by atoms with Gasteiger partial charge in [-0.1, -0.05) is 6.07 Å². The number of sulfonamides is 1. The molecule has 0 aliphatic carbocycles. The molecule has 0 spiro atoms. The summed E-state index contributed by atoms with van der Waals surface area (Å²) in [6, 6.07) is 10.1. The van der Waals surface area contributed by atoms with Crippen LogP contribution in [-0.4, -0.2) is 34.5 Å². The second-order valence-corrected chi connectivity index (χ2v) is 6.88. The molecule has 0 aromatic heterocycles. The van der Waals surface area contributed by atoms with Gasteiger partial charge in [0.25, 0.3) is 10.0 Å². The van der Waals surface area contributed by atoms with Crippen LogP contribution >= 0.6 is 0 Å². The monoisotopic (exact) mass is 378 g/mol. The standard InChI is InChI=1S/C17H18N2O6S/c1-11(20)18-13-7-8-15(24-2)16(10-13)26(22,23)19-14-6-4-5-12(9-14)17(21)25-3/h4-10,19H,1-3H3,(H,18,20). The van der Waals surface area contributed by atoms with Gasteiger partial charge in [0, 0.05) is 18.3 Å². The van der Waals surface area contributed by atoms with Crippen LogP contribution in [0.25, 0.3) is 0 Å². The van der Waals surface area contributed by atoms with Gasteiger partial charge in [0.1, 0.15) is 10.6 Å². The molecule has 0 heterocycles. The van der Waals surface area contributed by atoms with Crippen molar-refractivity contribution in [3.8, 4) is 5.75 Å². The minimum absolute atomic E-state index is 0.107. The highest BCUT2D eigenvalue weighted by atomic mass is 32.2. The quantitative estimate of drug-likeness (QED) is 0.746. The van der Waals surface area contributed by atoms with Crippen LogP contribution in [0.15, 0.2) is 47.4 Å². The van der Waals surface area contributed by atoms with E-state index in [0.717, 1.165) is 0 Å². The van der Waals surface area contributed by atoms with E-state index in [1.807, 2.05) is 0 Å². The summed E-state index contributed by atoms with van der Waals surface area (Å²) in [4.78, 5) is 22.6. The highest BCUT2D eigenvalue weighted by molar-refractivity contribution is 7.92. The smallest absolute Gasteiger partial charge is 0.337 e. The zero-order valence-corrected chi connectivity index (χ0v) is 15.2. The molecule has 0 aliphatic rings. The number of methoxy groups -OCH3 is 2. The summed E-state index contributed by atoms with van der Waals surface area (Å²) in [7, 11) is -1.47. The van der Waals surface area contributed by atoms with E-state index in [1.165, 1.54) is 63.6 Å². The van der Waals surface area contributed by atoms with Gasteiger partial charge in [0.05, 0.1) is 19.8 Å². The van der Waals surface area contributed by atoms with E-state index in [0.29, 0.717) is 5.69 Å². The summed E-state index contributed by atoms with van der Waals surface area (Å²) in [5, 5.41) is 2.52. The Morgan fingerprint density at radius 1 is 1.00 bits per heavy atom. The molecule has 26 heavy (non-hydrogen) atoms. The van der Waals surface area contributed by atoms with Crippen LogP contribution < -0.4 is 14.8 Å². The molecule has 2 aromatic carbocycles. The average molecular weight is 378 g/mol. The fourth-order valence-electron chi connectivity index (χ4n) is 2.21. The van der Waals surface area contributed by atoms with Gasteiger partial charge in [-0.2, -0.15) is 0 Å². The third kappa shape index (κ3) is 4.51. The zero-order chi connectivity index (χ0) is 19.3. The van der Waals surface area contributed by atoms with Crippen molar-refractivity contribution in [1.82, 2.24) is 0 Å². The predicted octanol–water partition coefficient (Wildman–Crippen LogP) is 2.24. The molecule has 0 fully saturated rings. The van der Waals surface area contributed by atoms with Crippen molar-refractivity contribution in [2.45, 2.75) is 11.8 Å². The number of carbonyl (C=O) groups excluding carboxylic acids is 2. The number of hydrogen-bond donors (Lipinski definition) is 2. The maximum absolute atomic E-state index is 12.8. The van der Waals surface area contributed by atoms with Gasteiger partial charge < -0.3 is 14.8 Å². The lowest BCUT2D eigenvalue weighted by molar-refractivity contribution is -0.114. The Balaban J connectivity index is 2.41. The second-order valence-electron chi connectivity index (χ2n) is 5.22. The Morgan fingerprint density at radius 3 is 2.35 bits per heavy atom. The zero-order valence-electron chi connectivity index (χ0n) is 14.4. The molecule has 138 valence electrons. The fraction of sp³-hybridized carbons (Fsp3) is 0.176. The van der Waals surface area contributed by atoms with Gasteiger partial charge >= 0.3 is 5.97 Å². The lowest BCUT2D eigenvalue weighted by Crippen LogP contribution is -2.15. The van der Waals surface area contributed by atoms with E-state index in [9.17, 15) is 18.0 Å². The van der Waals surface area contributed by atoms with Crippen molar-refractivity contribution in [3.63, 3.8) is 0 Å². The number of ether oxygens (including phenoxy) is 2. The Morgan fingerprint density at radius 2 is 1.73 bits per heavy atom. The molecule has 0 bridgehead atoms. The van der Waals surface area contributed by atoms with Gasteiger partial charge in [0.15, 0.2) is 0 Å². The summed E-state index contributed by atoms with van der Waals surface area (Å²) >= 11 is 0. The Hall–Kier alpha value is -3.07. The Kier molecular flexibility index (Phi) is 5.83. The molecule has 1 amide bonds. The summed E-state index contributed by atoms with van der Waals surface area (Å²) in [5.41, 5.74) is 0.688. The molecule has 0 radical (unpaired) electrons. The molecule has 0 saturated heterocycles. The van der Waals surface area contributed by atoms with Crippen molar-refractivity contribution in [1.29, 1.82) is 0 Å². The number of anilines is 2. The molecular weight excluding hydrogens is 360 g/mol. The molecule has 0 unspecified atom stereocenters. The van der Waals surface area contributed by atoms with Gasteiger partial charge in [-0.3, -0.25) is 9.52 Å². The lowest BCUT2D eigenvalue weighted by atomic mass is 10.2. The molecule has 2 aromatic rings. The first-order chi connectivity index (χ1) is 12.3. The largest absolute Gasteiger partial charge is 0.495 e. The van der Waals surface area contributed by atoms with Gasteiger partial charge in [0.2, 0.25) is 5.91 Å². The number of benzene rings is 2. The molecule has 0 atom stereocenters. The number of esters is 1. The number of nitrogens with one attached hydrogen (secondary N) is 2. The highest BCUT2D eigenvalue weighted by Gasteiger charge is 2.21. The average Bonchev–Trinajstić information content (AvgIpc) is 2.60. The third-order valence-corrected chi connectivity index (χ3v) is 4.71.